The molecule has 0 N–H and O–H groups in total. The van der Waals surface area contributed by atoms with Crippen LogP contribution in [0.25, 0.3) is 0 Å². The van der Waals surface area contributed by atoms with Crippen molar-refractivity contribution in [1.82, 2.24) is 14.8 Å². The van der Waals surface area contributed by atoms with Gasteiger partial charge in [0.15, 0.2) is 0 Å². The van der Waals surface area contributed by atoms with Gasteiger partial charge in [0.2, 0.25) is 0 Å². The number of hydrogen-bond donors (Lipinski definition) is 0. The minimum absolute atomic E-state index is 0.743. The fraction of sp³-hybridized carbons (Fsp3) is 0.433. The van der Waals surface area contributed by atoms with Gasteiger partial charge in [0.25, 0.3) is 0 Å². The average molecular weight is 458 g/mol. The fourth-order valence-electron chi connectivity index (χ4n) is 5.07. The van der Waals surface area contributed by atoms with E-state index in [0.717, 1.165) is 37.0 Å². The molecule has 0 amide bonds. The number of pyridine rings is 1. The molecule has 0 radical (unpaired) electrons. The Morgan fingerprint density at radius 1 is 0.853 bits per heavy atom. The van der Waals surface area contributed by atoms with Gasteiger partial charge in [-0.2, -0.15) is 0 Å². The maximum absolute atomic E-state index is 5.59. The van der Waals surface area contributed by atoms with Crippen LogP contribution in [0.3, 0.4) is 0 Å². The summed E-state index contributed by atoms with van der Waals surface area (Å²) in [6.45, 7) is 6.52. The molecule has 0 unspecified atom stereocenters. The Balaban J connectivity index is 1.21. The van der Waals surface area contributed by atoms with Gasteiger partial charge in [-0.1, -0.05) is 61.0 Å². The molecule has 0 aliphatic carbocycles. The Kier molecular flexibility index (Phi) is 9.53. The summed E-state index contributed by atoms with van der Waals surface area (Å²) in [4.78, 5) is 9.73. The number of piperidine rings is 1. The number of methoxy groups -OCH3 is 1. The van der Waals surface area contributed by atoms with E-state index in [0.29, 0.717) is 0 Å². The molecule has 4 nitrogen and oxygen atoms in total. The molecule has 0 saturated carbocycles. The normalized spacial score (nSPS) is 15.0. The van der Waals surface area contributed by atoms with Crippen LogP contribution in [0.15, 0.2) is 79.0 Å². The van der Waals surface area contributed by atoms with Crippen molar-refractivity contribution in [2.45, 2.75) is 51.1 Å². The molecule has 1 aliphatic heterocycles. The van der Waals surface area contributed by atoms with Crippen molar-refractivity contribution in [3.05, 3.63) is 95.8 Å². The van der Waals surface area contributed by atoms with Gasteiger partial charge in [-0.3, -0.25) is 9.88 Å². The summed E-state index contributed by atoms with van der Waals surface area (Å²) in [6.07, 6.45) is 8.23. The van der Waals surface area contributed by atoms with Gasteiger partial charge < -0.3 is 9.64 Å². The first-order valence-electron chi connectivity index (χ1n) is 12.8. The monoisotopic (exact) mass is 457 g/mol. The number of unbranched alkanes of at least 4 members (excludes halogenated alkanes) is 2. The van der Waals surface area contributed by atoms with Crippen molar-refractivity contribution in [2.24, 2.45) is 0 Å². The summed E-state index contributed by atoms with van der Waals surface area (Å²) in [5.74, 6) is 1.71. The second-order valence-corrected chi connectivity index (χ2v) is 9.43. The second-order valence-electron chi connectivity index (χ2n) is 9.43. The van der Waals surface area contributed by atoms with Crippen molar-refractivity contribution in [2.75, 3.05) is 33.3 Å². The highest BCUT2D eigenvalue weighted by molar-refractivity contribution is 5.33. The van der Waals surface area contributed by atoms with Gasteiger partial charge in [-0.15, -0.1) is 0 Å². The van der Waals surface area contributed by atoms with Crippen LogP contribution in [0.4, 0.5) is 0 Å². The molecule has 2 aromatic carbocycles. The lowest BCUT2D eigenvalue weighted by molar-refractivity contribution is 0.203. The van der Waals surface area contributed by atoms with Crippen molar-refractivity contribution in [3.63, 3.8) is 0 Å². The molecule has 4 heteroatoms. The Morgan fingerprint density at radius 2 is 1.62 bits per heavy atom. The van der Waals surface area contributed by atoms with Crippen molar-refractivity contribution in [1.29, 1.82) is 0 Å². The summed E-state index contributed by atoms with van der Waals surface area (Å²) in [5, 5.41) is 0. The largest absolute Gasteiger partial charge is 0.496 e. The molecule has 4 rings (SSSR count). The highest BCUT2D eigenvalue weighted by Crippen LogP contribution is 2.28. The first kappa shape index (κ1) is 24.4. The van der Waals surface area contributed by atoms with Crippen LogP contribution >= 0.6 is 0 Å². The van der Waals surface area contributed by atoms with Crippen LogP contribution in [-0.2, 0) is 13.1 Å². The van der Waals surface area contributed by atoms with E-state index in [2.05, 4.69) is 75.4 Å². The van der Waals surface area contributed by atoms with E-state index in [1.54, 1.807) is 7.11 Å². The minimum Gasteiger partial charge on any atom is -0.496 e. The lowest BCUT2D eigenvalue weighted by Crippen LogP contribution is -2.33. The molecule has 180 valence electrons. The van der Waals surface area contributed by atoms with Crippen LogP contribution in [-0.4, -0.2) is 48.1 Å². The zero-order valence-corrected chi connectivity index (χ0v) is 20.6. The first-order valence-corrected chi connectivity index (χ1v) is 12.8. The lowest BCUT2D eigenvalue weighted by Gasteiger charge is -2.32. The van der Waals surface area contributed by atoms with Crippen LogP contribution in [0.1, 0.15) is 54.8 Å². The van der Waals surface area contributed by atoms with E-state index in [4.69, 9.17) is 4.74 Å². The molecule has 2 heterocycles. The predicted molar refractivity (Wildman–Crippen MR) is 140 cm³/mol. The topological polar surface area (TPSA) is 28.6 Å². The smallest absolute Gasteiger partial charge is 0.123 e. The number of para-hydroxylation sites is 1. The molecular formula is C30H39N3O. The van der Waals surface area contributed by atoms with Gasteiger partial charge in [-0.05, 0) is 81.5 Å². The van der Waals surface area contributed by atoms with Gasteiger partial charge >= 0.3 is 0 Å². The molecule has 0 bridgehead atoms. The molecule has 0 spiro atoms. The number of likely N-dealkylation sites (tertiary alicyclic amines) is 1. The Bertz CT molecular complexity index is 955. The Hall–Kier alpha value is -2.69. The maximum atomic E-state index is 5.59. The maximum Gasteiger partial charge on any atom is 0.123 e. The van der Waals surface area contributed by atoms with Gasteiger partial charge in [-0.25, -0.2) is 0 Å². The Morgan fingerprint density at radius 3 is 2.38 bits per heavy atom. The number of rotatable bonds is 12. The molecular weight excluding hydrogens is 418 g/mol. The zero-order valence-electron chi connectivity index (χ0n) is 20.6. The summed E-state index contributed by atoms with van der Waals surface area (Å²) in [7, 11) is 1.75. The molecule has 0 atom stereocenters. The number of hydrogen-bond acceptors (Lipinski definition) is 4. The van der Waals surface area contributed by atoms with E-state index in [1.165, 1.54) is 62.9 Å². The predicted octanol–water partition coefficient (Wildman–Crippen LogP) is 6.14. The van der Waals surface area contributed by atoms with E-state index >= 15 is 0 Å². The third kappa shape index (κ3) is 7.41. The molecule has 1 fully saturated rings. The van der Waals surface area contributed by atoms with Gasteiger partial charge in [0.05, 0.1) is 12.8 Å². The average Bonchev–Trinajstić information content (AvgIpc) is 2.90. The summed E-state index contributed by atoms with van der Waals surface area (Å²) in [5.41, 5.74) is 3.88. The zero-order chi connectivity index (χ0) is 23.4. The summed E-state index contributed by atoms with van der Waals surface area (Å²) < 4.78 is 5.59. The second kappa shape index (κ2) is 13.3. The minimum atomic E-state index is 0.743. The molecule has 1 aliphatic rings. The van der Waals surface area contributed by atoms with Crippen LogP contribution < -0.4 is 4.74 Å². The highest BCUT2D eigenvalue weighted by Gasteiger charge is 2.20. The van der Waals surface area contributed by atoms with E-state index in [1.807, 2.05) is 18.3 Å². The lowest BCUT2D eigenvalue weighted by atomic mass is 9.89. The fourth-order valence-corrected chi connectivity index (χ4v) is 5.07. The molecule has 3 aromatic rings. The van der Waals surface area contributed by atoms with Gasteiger partial charge in [0.1, 0.15) is 5.75 Å². The van der Waals surface area contributed by atoms with E-state index < -0.39 is 0 Å². The first-order chi connectivity index (χ1) is 16.8. The summed E-state index contributed by atoms with van der Waals surface area (Å²) >= 11 is 0. The molecule has 1 aromatic heterocycles. The Labute approximate surface area is 205 Å². The highest BCUT2D eigenvalue weighted by atomic mass is 16.5. The molecule has 1 saturated heterocycles. The van der Waals surface area contributed by atoms with Crippen molar-refractivity contribution < 1.29 is 4.74 Å². The third-order valence-corrected chi connectivity index (χ3v) is 7.01. The number of benzene rings is 2. The number of ether oxygens (including phenoxy) is 1. The van der Waals surface area contributed by atoms with Crippen LogP contribution in [0.2, 0.25) is 0 Å². The van der Waals surface area contributed by atoms with Crippen molar-refractivity contribution in [3.8, 4) is 5.75 Å². The quantitative estimate of drug-likeness (QED) is 0.305. The van der Waals surface area contributed by atoms with E-state index in [-0.39, 0.29) is 0 Å². The SMILES string of the molecule is COc1ccccc1CN(CCCCCN1CCC(c2ccccc2)CC1)Cc1ccccn1. The van der Waals surface area contributed by atoms with Crippen molar-refractivity contribution >= 4 is 0 Å². The summed E-state index contributed by atoms with van der Waals surface area (Å²) in [6, 6.07) is 25.6. The number of nitrogens with zero attached hydrogens (tertiary/aromatic N) is 3. The van der Waals surface area contributed by atoms with Crippen LogP contribution in [0, 0.1) is 0 Å². The van der Waals surface area contributed by atoms with Gasteiger partial charge in [0, 0.05) is 24.8 Å². The van der Waals surface area contributed by atoms with Crippen LogP contribution in [0.5, 0.6) is 5.75 Å². The molecule has 34 heavy (non-hydrogen) atoms. The van der Waals surface area contributed by atoms with E-state index in [9.17, 15) is 0 Å². The number of aromatic nitrogens is 1. The standard InChI is InChI=1S/C30H39N3O/c1-34-30-16-7-6-14-28(30)24-33(25-29-15-8-9-19-31-29)21-11-3-10-20-32-22-17-27(18-23-32)26-12-4-2-5-13-26/h2,4-9,12-16,19,27H,3,10-11,17-18,20-25H2,1H3. The third-order valence-electron chi connectivity index (χ3n) is 7.01.